The van der Waals surface area contributed by atoms with Crippen molar-refractivity contribution < 1.29 is 14.7 Å². The normalized spacial score (nSPS) is 53.0. The summed E-state index contributed by atoms with van der Waals surface area (Å²) in [4.78, 5) is 25.4. The van der Waals surface area contributed by atoms with Crippen LogP contribution in [0, 0.1) is 39.4 Å². The number of carbonyl (C=O) groups is 2. The molecule has 4 heteroatoms. The second kappa shape index (κ2) is 5.91. The smallest absolute Gasteiger partial charge is 0.178 e. The van der Waals surface area contributed by atoms with Crippen molar-refractivity contribution in [3.05, 3.63) is 23.8 Å². The SMILES string of the molecule is CCC(=O)[C@@]12CNC[C@@H]1C[C@H]1[C@@H]3CCC4=CC(=O)C=C[C@]4(C)[C@@]3(C)[C@@H](O)C[C@@]12C. The van der Waals surface area contributed by atoms with Crippen LogP contribution in [0.1, 0.15) is 59.8 Å². The Bertz CT molecular complexity index is 845. The van der Waals surface area contributed by atoms with Crippen LogP contribution in [0.15, 0.2) is 23.8 Å². The minimum Gasteiger partial charge on any atom is -0.392 e. The number of hydrogen-bond donors (Lipinski definition) is 2. The second-order valence-corrected chi connectivity index (χ2v) is 11.1. The summed E-state index contributed by atoms with van der Waals surface area (Å²) in [6.07, 6.45) is 9.38. The largest absolute Gasteiger partial charge is 0.392 e. The van der Waals surface area contributed by atoms with Crippen LogP contribution in [-0.4, -0.2) is 35.9 Å². The average molecular weight is 398 g/mol. The highest BCUT2D eigenvalue weighted by Gasteiger charge is 2.74. The number of aliphatic hydroxyl groups excluding tert-OH is 1. The molecule has 4 nitrogen and oxygen atoms in total. The Hall–Kier alpha value is -1.26. The molecule has 4 fully saturated rings. The van der Waals surface area contributed by atoms with Crippen molar-refractivity contribution in [1.29, 1.82) is 0 Å². The first-order chi connectivity index (χ1) is 13.6. The molecule has 2 N–H and O–H groups in total. The number of carbonyl (C=O) groups excluding carboxylic acids is 2. The Morgan fingerprint density at radius 1 is 1.28 bits per heavy atom. The first kappa shape index (κ1) is 19.7. The van der Waals surface area contributed by atoms with Crippen molar-refractivity contribution in [1.82, 2.24) is 5.32 Å². The topological polar surface area (TPSA) is 66.4 Å². The van der Waals surface area contributed by atoms with Crippen molar-refractivity contribution in [3.8, 4) is 0 Å². The minimum atomic E-state index is -0.485. The van der Waals surface area contributed by atoms with Crippen LogP contribution in [0.3, 0.4) is 0 Å². The van der Waals surface area contributed by atoms with E-state index in [1.54, 1.807) is 6.08 Å². The van der Waals surface area contributed by atoms with Crippen LogP contribution in [0.5, 0.6) is 0 Å². The molecule has 0 aromatic carbocycles. The van der Waals surface area contributed by atoms with E-state index in [4.69, 9.17) is 0 Å². The van der Waals surface area contributed by atoms with Gasteiger partial charge in [0.15, 0.2) is 5.78 Å². The molecule has 3 saturated carbocycles. The van der Waals surface area contributed by atoms with E-state index in [0.717, 1.165) is 32.4 Å². The van der Waals surface area contributed by atoms with E-state index in [1.165, 1.54) is 5.57 Å². The summed E-state index contributed by atoms with van der Waals surface area (Å²) in [6, 6.07) is 0. The number of hydrogen-bond acceptors (Lipinski definition) is 4. The molecule has 1 aliphatic heterocycles. The van der Waals surface area contributed by atoms with Gasteiger partial charge >= 0.3 is 0 Å². The number of ketones is 2. The van der Waals surface area contributed by atoms with E-state index in [-0.39, 0.29) is 27.4 Å². The zero-order valence-corrected chi connectivity index (χ0v) is 18.3. The molecule has 158 valence electrons. The summed E-state index contributed by atoms with van der Waals surface area (Å²) >= 11 is 0. The van der Waals surface area contributed by atoms with Gasteiger partial charge in [-0.1, -0.05) is 39.3 Å². The highest BCUT2D eigenvalue weighted by atomic mass is 16.3. The van der Waals surface area contributed by atoms with E-state index in [2.05, 4.69) is 32.2 Å². The van der Waals surface area contributed by atoms with Gasteiger partial charge in [0.25, 0.3) is 0 Å². The quantitative estimate of drug-likeness (QED) is 0.749. The van der Waals surface area contributed by atoms with E-state index >= 15 is 0 Å². The molecule has 1 heterocycles. The fraction of sp³-hybridized carbons (Fsp3) is 0.760. The summed E-state index contributed by atoms with van der Waals surface area (Å²) in [5.74, 6) is 1.65. The monoisotopic (exact) mass is 397 g/mol. The molecule has 8 atom stereocenters. The molecule has 5 aliphatic rings. The molecule has 0 amide bonds. The molecule has 0 bridgehead atoms. The minimum absolute atomic E-state index is 0.0728. The van der Waals surface area contributed by atoms with Crippen molar-refractivity contribution in [3.63, 3.8) is 0 Å². The molecule has 1 saturated heterocycles. The lowest BCUT2D eigenvalue weighted by atomic mass is 9.39. The highest BCUT2D eigenvalue weighted by Crippen LogP contribution is 2.75. The van der Waals surface area contributed by atoms with E-state index in [0.29, 0.717) is 36.4 Å². The Morgan fingerprint density at radius 2 is 2.03 bits per heavy atom. The first-order valence-electron chi connectivity index (χ1n) is 11.5. The zero-order valence-electron chi connectivity index (χ0n) is 18.3. The highest BCUT2D eigenvalue weighted by molar-refractivity contribution is 6.01. The van der Waals surface area contributed by atoms with Gasteiger partial charge in [-0.15, -0.1) is 0 Å². The maximum atomic E-state index is 13.4. The summed E-state index contributed by atoms with van der Waals surface area (Å²) in [7, 11) is 0. The average Bonchev–Trinajstić information content (AvgIpc) is 3.20. The van der Waals surface area contributed by atoms with Crippen LogP contribution in [0.25, 0.3) is 0 Å². The lowest BCUT2D eigenvalue weighted by Gasteiger charge is -2.66. The van der Waals surface area contributed by atoms with Gasteiger partial charge in [-0.05, 0) is 67.5 Å². The third kappa shape index (κ3) is 2.03. The lowest BCUT2D eigenvalue weighted by molar-refractivity contribution is -0.189. The van der Waals surface area contributed by atoms with Crippen LogP contribution >= 0.6 is 0 Å². The molecule has 0 spiro atoms. The van der Waals surface area contributed by atoms with Gasteiger partial charge in [0.05, 0.1) is 11.5 Å². The molecule has 0 radical (unpaired) electrons. The maximum absolute atomic E-state index is 13.4. The van der Waals surface area contributed by atoms with E-state index in [9.17, 15) is 14.7 Å². The summed E-state index contributed by atoms with van der Waals surface area (Å²) in [5.41, 5.74) is 0.0996. The zero-order chi connectivity index (χ0) is 20.8. The van der Waals surface area contributed by atoms with Gasteiger partial charge in [-0.3, -0.25) is 9.59 Å². The Kier molecular flexibility index (Phi) is 4.01. The van der Waals surface area contributed by atoms with Crippen LogP contribution in [0.4, 0.5) is 0 Å². The van der Waals surface area contributed by atoms with Gasteiger partial charge in [-0.25, -0.2) is 0 Å². The molecule has 0 aromatic rings. The predicted octanol–water partition coefficient (Wildman–Crippen LogP) is 3.45. The Morgan fingerprint density at radius 3 is 2.76 bits per heavy atom. The fourth-order valence-corrected chi connectivity index (χ4v) is 8.92. The molecular weight excluding hydrogens is 362 g/mol. The molecule has 0 aromatic heterocycles. The lowest BCUT2D eigenvalue weighted by Crippen LogP contribution is -2.65. The first-order valence-corrected chi connectivity index (χ1v) is 11.5. The van der Waals surface area contributed by atoms with Gasteiger partial charge in [0.2, 0.25) is 0 Å². The third-order valence-electron chi connectivity index (χ3n) is 10.7. The number of aliphatic hydroxyl groups is 1. The molecular formula is C25H35NO3. The Balaban J connectivity index is 1.63. The number of rotatable bonds is 2. The van der Waals surface area contributed by atoms with Crippen molar-refractivity contribution in [2.75, 3.05) is 13.1 Å². The summed E-state index contributed by atoms with van der Waals surface area (Å²) in [5, 5.41) is 15.3. The van der Waals surface area contributed by atoms with E-state index < -0.39 is 6.10 Å². The summed E-state index contributed by atoms with van der Waals surface area (Å²) in [6.45, 7) is 10.5. The predicted molar refractivity (Wildman–Crippen MR) is 112 cm³/mol. The van der Waals surface area contributed by atoms with Crippen LogP contribution in [0.2, 0.25) is 0 Å². The number of allylic oxidation sites excluding steroid dienone is 4. The third-order valence-corrected chi connectivity index (χ3v) is 10.7. The summed E-state index contributed by atoms with van der Waals surface area (Å²) < 4.78 is 0. The van der Waals surface area contributed by atoms with Crippen molar-refractivity contribution in [2.24, 2.45) is 39.4 Å². The fourth-order valence-electron chi connectivity index (χ4n) is 8.92. The van der Waals surface area contributed by atoms with Crippen LogP contribution < -0.4 is 5.32 Å². The Labute approximate surface area is 174 Å². The van der Waals surface area contributed by atoms with Gasteiger partial charge < -0.3 is 10.4 Å². The van der Waals surface area contributed by atoms with Crippen LogP contribution in [-0.2, 0) is 9.59 Å². The molecule has 0 unspecified atom stereocenters. The molecule has 29 heavy (non-hydrogen) atoms. The van der Waals surface area contributed by atoms with Gasteiger partial charge in [0.1, 0.15) is 5.78 Å². The maximum Gasteiger partial charge on any atom is 0.178 e. The van der Waals surface area contributed by atoms with Gasteiger partial charge in [-0.2, -0.15) is 0 Å². The number of Topliss-reactive ketones (excluding diaryl/α,β-unsaturated/α-hetero) is 1. The second-order valence-electron chi connectivity index (χ2n) is 11.1. The molecule has 4 aliphatic carbocycles. The number of nitrogens with one attached hydrogen (secondary N) is 1. The standard InChI is InChI=1S/C25H35NO3/c1-5-20(28)25-14-26-13-16(25)11-19-18-7-6-15-10-17(27)8-9-22(15,2)24(18,4)21(29)12-23(19,25)3/h8-10,16,18-19,21,26,29H,5-7,11-14H2,1-4H3/t16-,18-,19-,21-,22-,23-,24+,25+/m0/s1. The molecule has 5 rings (SSSR count). The van der Waals surface area contributed by atoms with Crippen molar-refractivity contribution in [2.45, 2.75) is 65.9 Å². The van der Waals surface area contributed by atoms with E-state index in [1.807, 2.05) is 13.0 Å². The van der Waals surface area contributed by atoms with Crippen molar-refractivity contribution >= 4 is 11.6 Å². The number of fused-ring (bicyclic) bond motifs is 7. The van der Waals surface area contributed by atoms with Gasteiger partial charge in [0, 0.05) is 23.8 Å².